The molecule has 0 aliphatic carbocycles. The summed E-state index contributed by atoms with van der Waals surface area (Å²) in [6.07, 6.45) is 3.26. The topological polar surface area (TPSA) is 82.0 Å². The second-order valence-corrected chi connectivity index (χ2v) is 3.99. The average molecular weight is 280 g/mol. The molecule has 2 amide bonds. The van der Waals surface area contributed by atoms with Crippen molar-refractivity contribution in [3.8, 4) is 5.75 Å². The summed E-state index contributed by atoms with van der Waals surface area (Å²) >= 11 is 0. The third-order valence-electron chi connectivity index (χ3n) is 2.63. The normalized spacial score (nSPS) is 10.6. The van der Waals surface area contributed by atoms with E-state index < -0.39 is 0 Å². The van der Waals surface area contributed by atoms with Crippen LogP contribution in [-0.2, 0) is 0 Å². The molecule has 0 heterocycles. The number of nitrogens with one attached hydrogen (secondary N) is 1. The molecular formula is C14H20N2O4. The van der Waals surface area contributed by atoms with Crippen LogP contribution in [0.4, 0.5) is 4.79 Å². The zero-order chi connectivity index (χ0) is 14.8. The number of hydrogen-bond donors (Lipinski definition) is 3. The molecule has 20 heavy (non-hydrogen) atoms. The number of aliphatic hydroxyl groups excluding tert-OH is 2. The number of urea groups is 1. The fraction of sp³-hybridized carbons (Fsp3) is 0.357. The highest BCUT2D eigenvalue weighted by Crippen LogP contribution is 2.11. The minimum Gasteiger partial charge on any atom is -0.497 e. The van der Waals surface area contributed by atoms with Gasteiger partial charge < -0.3 is 25.2 Å². The highest BCUT2D eigenvalue weighted by molar-refractivity contribution is 5.76. The fourth-order valence-corrected chi connectivity index (χ4v) is 1.57. The molecular weight excluding hydrogens is 260 g/mol. The third-order valence-corrected chi connectivity index (χ3v) is 2.63. The summed E-state index contributed by atoms with van der Waals surface area (Å²) in [5, 5.41) is 20.2. The van der Waals surface area contributed by atoms with Crippen molar-refractivity contribution in [2.24, 2.45) is 0 Å². The summed E-state index contributed by atoms with van der Waals surface area (Å²) < 4.78 is 5.05. The summed E-state index contributed by atoms with van der Waals surface area (Å²) in [5.41, 5.74) is 0.918. The van der Waals surface area contributed by atoms with Crippen LogP contribution in [0, 0.1) is 0 Å². The van der Waals surface area contributed by atoms with E-state index in [2.05, 4.69) is 5.32 Å². The van der Waals surface area contributed by atoms with Gasteiger partial charge in [0, 0.05) is 19.3 Å². The van der Waals surface area contributed by atoms with Crippen LogP contribution in [0.15, 0.2) is 30.5 Å². The van der Waals surface area contributed by atoms with Gasteiger partial charge in [-0.25, -0.2) is 4.79 Å². The zero-order valence-corrected chi connectivity index (χ0v) is 11.5. The van der Waals surface area contributed by atoms with E-state index in [0.29, 0.717) is 0 Å². The number of benzene rings is 1. The summed E-state index contributed by atoms with van der Waals surface area (Å²) in [4.78, 5) is 13.1. The van der Waals surface area contributed by atoms with Crippen LogP contribution in [0.1, 0.15) is 5.56 Å². The molecule has 0 radical (unpaired) electrons. The number of carbonyl (C=O) groups is 1. The van der Waals surface area contributed by atoms with Crippen molar-refractivity contribution in [3.05, 3.63) is 36.0 Å². The van der Waals surface area contributed by atoms with Crippen LogP contribution in [-0.4, -0.2) is 54.6 Å². The maximum atomic E-state index is 11.7. The van der Waals surface area contributed by atoms with Crippen molar-refractivity contribution in [2.75, 3.05) is 33.4 Å². The lowest BCUT2D eigenvalue weighted by molar-refractivity contribution is 0.161. The summed E-state index contributed by atoms with van der Waals surface area (Å²) in [6.45, 7) is 0.0801. The largest absolute Gasteiger partial charge is 0.497 e. The number of methoxy groups -OCH3 is 1. The van der Waals surface area contributed by atoms with E-state index >= 15 is 0 Å². The molecule has 3 N–H and O–H groups in total. The minimum absolute atomic E-state index is 0.143. The Balaban J connectivity index is 2.51. The molecule has 1 aromatic carbocycles. The van der Waals surface area contributed by atoms with Crippen LogP contribution >= 0.6 is 0 Å². The van der Waals surface area contributed by atoms with E-state index in [0.717, 1.165) is 11.3 Å². The van der Waals surface area contributed by atoms with Crippen molar-refractivity contribution in [2.45, 2.75) is 0 Å². The standard InChI is InChI=1S/C14H20N2O4/c1-20-13-4-2-12(3-5-13)6-7-15-14(19)16(8-10-17)9-11-18/h2-7,17-18H,8-11H2,1H3,(H,15,19)/b7-6+. The van der Waals surface area contributed by atoms with Gasteiger partial charge in [-0.1, -0.05) is 12.1 Å². The summed E-state index contributed by atoms with van der Waals surface area (Å²) in [6, 6.07) is 7.01. The van der Waals surface area contributed by atoms with E-state index in [-0.39, 0.29) is 32.3 Å². The summed E-state index contributed by atoms with van der Waals surface area (Å²) in [7, 11) is 1.60. The number of amides is 2. The van der Waals surface area contributed by atoms with Crippen molar-refractivity contribution < 1.29 is 19.7 Å². The molecule has 0 bridgehead atoms. The molecule has 0 aromatic heterocycles. The Morgan fingerprint density at radius 3 is 2.35 bits per heavy atom. The predicted octanol–water partition coefficient (Wildman–Crippen LogP) is 0.662. The molecule has 6 nitrogen and oxygen atoms in total. The first-order chi connectivity index (χ1) is 9.71. The van der Waals surface area contributed by atoms with Gasteiger partial charge in [-0.3, -0.25) is 0 Å². The Morgan fingerprint density at radius 1 is 1.25 bits per heavy atom. The van der Waals surface area contributed by atoms with Gasteiger partial charge in [0.25, 0.3) is 0 Å². The highest BCUT2D eigenvalue weighted by Gasteiger charge is 2.09. The number of carbonyl (C=O) groups excluding carboxylic acids is 1. The van der Waals surface area contributed by atoms with Gasteiger partial charge in [0.1, 0.15) is 5.75 Å². The van der Waals surface area contributed by atoms with Crippen molar-refractivity contribution in [1.82, 2.24) is 10.2 Å². The van der Waals surface area contributed by atoms with E-state index in [9.17, 15) is 4.79 Å². The maximum Gasteiger partial charge on any atom is 0.321 e. The van der Waals surface area contributed by atoms with Gasteiger partial charge >= 0.3 is 6.03 Å². The number of aliphatic hydroxyl groups is 2. The van der Waals surface area contributed by atoms with E-state index in [1.165, 1.54) is 11.1 Å². The molecule has 0 unspecified atom stereocenters. The first-order valence-corrected chi connectivity index (χ1v) is 6.29. The SMILES string of the molecule is COc1ccc(/C=C/NC(=O)N(CCO)CCO)cc1. The van der Waals surface area contributed by atoms with Gasteiger partial charge in [0.05, 0.1) is 20.3 Å². The first kappa shape index (κ1) is 16.0. The number of rotatable bonds is 7. The van der Waals surface area contributed by atoms with Gasteiger partial charge in [-0.2, -0.15) is 0 Å². The van der Waals surface area contributed by atoms with Gasteiger partial charge in [0.2, 0.25) is 0 Å². The summed E-state index contributed by atoms with van der Waals surface area (Å²) in [5.74, 6) is 0.767. The number of ether oxygens (including phenoxy) is 1. The Kier molecular flexibility index (Phi) is 7.16. The van der Waals surface area contributed by atoms with Crippen molar-refractivity contribution >= 4 is 12.1 Å². The van der Waals surface area contributed by atoms with Crippen molar-refractivity contribution in [1.29, 1.82) is 0 Å². The molecule has 1 rings (SSSR count). The molecule has 6 heteroatoms. The Morgan fingerprint density at radius 2 is 1.85 bits per heavy atom. The minimum atomic E-state index is -0.363. The van der Waals surface area contributed by atoms with Crippen LogP contribution in [0.5, 0.6) is 5.75 Å². The van der Waals surface area contributed by atoms with Crippen LogP contribution in [0.25, 0.3) is 6.08 Å². The lowest BCUT2D eigenvalue weighted by Crippen LogP contribution is -2.41. The second-order valence-electron chi connectivity index (χ2n) is 3.99. The molecule has 0 aliphatic heterocycles. The lowest BCUT2D eigenvalue weighted by atomic mass is 10.2. The maximum absolute atomic E-state index is 11.7. The van der Waals surface area contributed by atoms with Gasteiger partial charge in [-0.05, 0) is 23.8 Å². The molecule has 0 fully saturated rings. The van der Waals surface area contributed by atoms with Crippen molar-refractivity contribution in [3.63, 3.8) is 0 Å². The van der Waals surface area contributed by atoms with Crippen LogP contribution < -0.4 is 10.1 Å². The lowest BCUT2D eigenvalue weighted by Gasteiger charge is -2.19. The molecule has 0 atom stereocenters. The predicted molar refractivity (Wildman–Crippen MR) is 76.3 cm³/mol. The van der Waals surface area contributed by atoms with Crippen LogP contribution in [0.2, 0.25) is 0 Å². The molecule has 0 saturated heterocycles. The second kappa shape index (κ2) is 8.95. The van der Waals surface area contributed by atoms with E-state index in [1.54, 1.807) is 13.2 Å². The molecule has 0 saturated carbocycles. The smallest absolute Gasteiger partial charge is 0.321 e. The van der Waals surface area contributed by atoms with Crippen LogP contribution in [0.3, 0.4) is 0 Å². The number of nitrogens with zero attached hydrogens (tertiary/aromatic N) is 1. The Labute approximate surface area is 118 Å². The van der Waals surface area contributed by atoms with E-state index in [1.807, 2.05) is 24.3 Å². The molecule has 1 aromatic rings. The Hall–Kier alpha value is -2.05. The average Bonchev–Trinajstić information content (AvgIpc) is 2.47. The molecule has 0 aliphatic rings. The zero-order valence-electron chi connectivity index (χ0n) is 11.5. The first-order valence-electron chi connectivity index (χ1n) is 6.29. The van der Waals surface area contributed by atoms with Gasteiger partial charge in [-0.15, -0.1) is 0 Å². The Bertz CT molecular complexity index is 425. The van der Waals surface area contributed by atoms with Gasteiger partial charge in [0.15, 0.2) is 0 Å². The fourth-order valence-electron chi connectivity index (χ4n) is 1.57. The highest BCUT2D eigenvalue weighted by atomic mass is 16.5. The quantitative estimate of drug-likeness (QED) is 0.685. The number of hydrogen-bond acceptors (Lipinski definition) is 4. The molecule has 110 valence electrons. The monoisotopic (exact) mass is 280 g/mol. The van der Waals surface area contributed by atoms with E-state index in [4.69, 9.17) is 14.9 Å². The molecule has 0 spiro atoms. The third kappa shape index (κ3) is 5.29.